The van der Waals surface area contributed by atoms with Crippen molar-refractivity contribution in [3.05, 3.63) is 33.0 Å². The monoisotopic (exact) mass is 355 g/mol. The lowest BCUT2D eigenvalue weighted by atomic mass is 9.55. The number of rotatable bonds is 1. The second-order valence-electron chi connectivity index (χ2n) is 6.18. The topological polar surface area (TPSA) is 98.5 Å². The molecular formula is C17H14ClN5S. The number of hydrogen-bond donors (Lipinski definition) is 1. The summed E-state index contributed by atoms with van der Waals surface area (Å²) in [6.07, 6.45) is 1.97. The zero-order valence-corrected chi connectivity index (χ0v) is 14.5. The number of nitriles is 3. The molecule has 1 aliphatic carbocycles. The van der Waals surface area contributed by atoms with Crippen LogP contribution in [0.4, 0.5) is 0 Å². The summed E-state index contributed by atoms with van der Waals surface area (Å²) < 4.78 is 0. The summed E-state index contributed by atoms with van der Waals surface area (Å²) in [5, 5.41) is 40.0. The molecule has 3 rings (SSSR count). The average molecular weight is 356 g/mol. The fourth-order valence-electron chi connectivity index (χ4n) is 3.75. The zero-order chi connectivity index (χ0) is 17.5. The molecule has 2 heterocycles. The molecule has 0 saturated heterocycles. The van der Waals surface area contributed by atoms with Gasteiger partial charge < -0.3 is 10.3 Å². The number of fused-ring (bicyclic) bond motifs is 1. The Morgan fingerprint density at radius 3 is 2.62 bits per heavy atom. The number of nitrogens with one attached hydrogen (secondary N) is 1. The molecule has 120 valence electrons. The Balaban J connectivity index is 2.26. The first-order valence-electron chi connectivity index (χ1n) is 7.42. The van der Waals surface area contributed by atoms with Gasteiger partial charge >= 0.3 is 0 Å². The number of nitrogens with zero attached hydrogens (tertiary/aromatic N) is 4. The van der Waals surface area contributed by atoms with E-state index in [-0.39, 0.29) is 11.6 Å². The normalized spacial score (nSPS) is 28.9. The average Bonchev–Trinajstić information content (AvgIpc) is 3.00. The SMILES string of the molecule is CN1CC=C2C(C#N)C(=N)C(C#N)(C#N)C(c3cc(Cl)cs3)C2C1. The summed E-state index contributed by atoms with van der Waals surface area (Å²) in [6.45, 7) is 1.34. The third-order valence-corrected chi connectivity index (χ3v) is 6.23. The highest BCUT2D eigenvalue weighted by Gasteiger charge is 2.58. The molecule has 5 nitrogen and oxygen atoms in total. The van der Waals surface area contributed by atoms with Crippen LogP contribution in [0, 0.1) is 56.7 Å². The molecule has 1 N–H and O–H groups in total. The van der Waals surface area contributed by atoms with E-state index in [2.05, 4.69) is 23.1 Å². The van der Waals surface area contributed by atoms with Crippen LogP contribution in [0.25, 0.3) is 0 Å². The van der Waals surface area contributed by atoms with Gasteiger partial charge in [0.05, 0.1) is 28.9 Å². The lowest BCUT2D eigenvalue weighted by molar-refractivity contribution is 0.237. The quantitative estimate of drug-likeness (QED) is 0.782. The summed E-state index contributed by atoms with van der Waals surface area (Å²) in [4.78, 5) is 2.91. The Bertz CT molecular complexity index is 836. The molecule has 0 radical (unpaired) electrons. The van der Waals surface area contributed by atoms with Crippen LogP contribution >= 0.6 is 22.9 Å². The van der Waals surface area contributed by atoms with Gasteiger partial charge in [-0.3, -0.25) is 0 Å². The second kappa shape index (κ2) is 6.04. The fraction of sp³-hybridized carbons (Fsp3) is 0.412. The largest absolute Gasteiger partial charge is 0.305 e. The minimum absolute atomic E-state index is 0.114. The summed E-state index contributed by atoms with van der Waals surface area (Å²) in [6, 6.07) is 8.04. The smallest absolute Gasteiger partial charge is 0.190 e. The Morgan fingerprint density at radius 2 is 2.08 bits per heavy atom. The van der Waals surface area contributed by atoms with Gasteiger partial charge in [0.15, 0.2) is 5.41 Å². The molecule has 1 aliphatic heterocycles. The molecule has 0 spiro atoms. The summed E-state index contributed by atoms with van der Waals surface area (Å²) >= 11 is 7.47. The number of thiophene rings is 1. The third kappa shape index (κ3) is 2.26. The maximum Gasteiger partial charge on any atom is 0.190 e. The summed E-state index contributed by atoms with van der Waals surface area (Å²) in [5.74, 6) is -1.46. The first-order chi connectivity index (χ1) is 11.5. The highest BCUT2D eigenvalue weighted by Crippen LogP contribution is 2.54. The Hall–Kier alpha value is -2.17. The zero-order valence-electron chi connectivity index (χ0n) is 13.0. The van der Waals surface area contributed by atoms with Gasteiger partial charge in [-0.1, -0.05) is 17.7 Å². The Morgan fingerprint density at radius 1 is 1.38 bits per heavy atom. The van der Waals surface area contributed by atoms with E-state index in [0.717, 1.165) is 10.5 Å². The van der Waals surface area contributed by atoms with Crippen LogP contribution < -0.4 is 0 Å². The van der Waals surface area contributed by atoms with Crippen molar-refractivity contribution in [2.45, 2.75) is 5.92 Å². The highest BCUT2D eigenvalue weighted by atomic mass is 35.5. The van der Waals surface area contributed by atoms with Crippen molar-refractivity contribution in [1.82, 2.24) is 4.90 Å². The summed E-state index contributed by atoms with van der Waals surface area (Å²) in [7, 11) is 1.97. The van der Waals surface area contributed by atoms with Crippen molar-refractivity contribution in [3.63, 3.8) is 0 Å². The maximum absolute atomic E-state index is 9.84. The van der Waals surface area contributed by atoms with Crippen molar-refractivity contribution in [3.8, 4) is 18.2 Å². The molecule has 3 atom stereocenters. The third-order valence-electron chi connectivity index (χ3n) is 4.87. The van der Waals surface area contributed by atoms with Crippen molar-refractivity contribution >= 4 is 28.6 Å². The number of likely N-dealkylation sites (N-methyl/N-ethyl adjacent to an activating group) is 1. The van der Waals surface area contributed by atoms with E-state index in [1.165, 1.54) is 11.3 Å². The predicted octanol–water partition coefficient (Wildman–Crippen LogP) is 3.18. The predicted molar refractivity (Wildman–Crippen MR) is 91.6 cm³/mol. The van der Waals surface area contributed by atoms with Crippen LogP contribution in [0.15, 0.2) is 23.1 Å². The molecule has 7 heteroatoms. The van der Waals surface area contributed by atoms with E-state index in [4.69, 9.17) is 17.0 Å². The van der Waals surface area contributed by atoms with Crippen LogP contribution in [0.2, 0.25) is 5.02 Å². The lowest BCUT2D eigenvalue weighted by Gasteiger charge is -2.46. The molecule has 1 saturated carbocycles. The van der Waals surface area contributed by atoms with Gasteiger partial charge in [-0.2, -0.15) is 15.8 Å². The van der Waals surface area contributed by atoms with Gasteiger partial charge in [0.25, 0.3) is 0 Å². The summed E-state index contributed by atoms with van der Waals surface area (Å²) in [5.41, 5.74) is -0.901. The molecule has 0 bridgehead atoms. The van der Waals surface area contributed by atoms with Gasteiger partial charge in [0.2, 0.25) is 0 Å². The van der Waals surface area contributed by atoms with E-state index >= 15 is 0 Å². The van der Waals surface area contributed by atoms with E-state index in [1.807, 2.05) is 13.1 Å². The number of halogens is 1. The Labute approximate surface area is 149 Å². The second-order valence-corrected chi connectivity index (χ2v) is 7.56. The van der Waals surface area contributed by atoms with Crippen LogP contribution in [0.1, 0.15) is 10.8 Å². The molecule has 1 aromatic heterocycles. The van der Waals surface area contributed by atoms with Gasteiger partial charge in [-0.15, -0.1) is 11.3 Å². The van der Waals surface area contributed by atoms with Crippen molar-refractivity contribution < 1.29 is 0 Å². The van der Waals surface area contributed by atoms with E-state index in [9.17, 15) is 15.8 Å². The molecule has 1 fully saturated rings. The molecule has 0 amide bonds. The molecule has 24 heavy (non-hydrogen) atoms. The van der Waals surface area contributed by atoms with Crippen LogP contribution in [-0.2, 0) is 0 Å². The minimum Gasteiger partial charge on any atom is -0.305 e. The van der Waals surface area contributed by atoms with Crippen molar-refractivity contribution in [1.29, 1.82) is 21.2 Å². The molecular weight excluding hydrogens is 342 g/mol. The van der Waals surface area contributed by atoms with E-state index in [0.29, 0.717) is 18.1 Å². The van der Waals surface area contributed by atoms with Crippen molar-refractivity contribution in [2.24, 2.45) is 17.3 Å². The fourth-order valence-corrected chi connectivity index (χ4v) is 5.06. The van der Waals surface area contributed by atoms with E-state index in [1.54, 1.807) is 11.4 Å². The number of hydrogen-bond acceptors (Lipinski definition) is 6. The first-order valence-corrected chi connectivity index (χ1v) is 8.67. The van der Waals surface area contributed by atoms with Crippen LogP contribution in [-0.4, -0.2) is 30.7 Å². The highest BCUT2D eigenvalue weighted by molar-refractivity contribution is 7.10. The maximum atomic E-state index is 9.84. The van der Waals surface area contributed by atoms with Gasteiger partial charge in [0, 0.05) is 35.2 Å². The van der Waals surface area contributed by atoms with E-state index < -0.39 is 17.3 Å². The minimum atomic E-state index is -1.64. The van der Waals surface area contributed by atoms with Crippen LogP contribution in [0.5, 0.6) is 0 Å². The first kappa shape index (κ1) is 16.7. The molecule has 1 aromatic rings. The van der Waals surface area contributed by atoms with Gasteiger partial charge in [-0.05, 0) is 18.7 Å². The molecule has 0 aromatic carbocycles. The van der Waals surface area contributed by atoms with Crippen molar-refractivity contribution in [2.75, 3.05) is 20.1 Å². The molecule has 3 unspecified atom stereocenters. The standard InChI is InChI=1S/C17H14ClN5S/c1-23-3-2-11-12(5-19)16(22)17(8-20,9-21)15(13(11)6-23)14-4-10(18)7-24-14/h2,4,7,12-13,15,22H,3,6H2,1H3. The van der Waals surface area contributed by atoms with Gasteiger partial charge in [0.1, 0.15) is 5.92 Å². The van der Waals surface area contributed by atoms with Crippen LogP contribution in [0.3, 0.4) is 0 Å². The molecule has 2 aliphatic rings. The lowest BCUT2D eigenvalue weighted by Crippen LogP contribution is -2.52. The Kier molecular flexibility index (Phi) is 4.20. The van der Waals surface area contributed by atoms with Gasteiger partial charge in [-0.25, -0.2) is 0 Å².